The second-order valence-corrected chi connectivity index (χ2v) is 10.7. The average molecular weight is 538 g/mol. The van der Waals surface area contributed by atoms with E-state index in [9.17, 15) is 13.9 Å². The fraction of sp³-hybridized carbons (Fsp3) is 0.500. The van der Waals surface area contributed by atoms with Gasteiger partial charge in [0.2, 0.25) is 0 Å². The highest BCUT2D eigenvalue weighted by molar-refractivity contribution is 5.85. The molecule has 1 fully saturated rings. The first kappa shape index (κ1) is 26.9. The molecule has 206 valence electrons. The van der Waals surface area contributed by atoms with Gasteiger partial charge >= 0.3 is 0 Å². The van der Waals surface area contributed by atoms with Crippen LogP contribution in [0.15, 0.2) is 30.3 Å². The monoisotopic (exact) mass is 537 g/mol. The molecular weight excluding hydrogens is 505 g/mol. The van der Waals surface area contributed by atoms with Crippen LogP contribution in [0.1, 0.15) is 43.1 Å². The van der Waals surface area contributed by atoms with E-state index in [4.69, 9.17) is 4.74 Å². The number of rotatable bonds is 9. The number of aliphatic hydroxyl groups excluding tert-OH is 1. The molecule has 1 aromatic heterocycles. The van der Waals surface area contributed by atoms with Gasteiger partial charge in [0.1, 0.15) is 35.0 Å². The molecule has 2 aromatic carbocycles. The van der Waals surface area contributed by atoms with Gasteiger partial charge in [-0.15, -0.1) is 0 Å². The van der Waals surface area contributed by atoms with E-state index < -0.39 is 42.4 Å². The number of H-pyrrole nitrogens is 1. The summed E-state index contributed by atoms with van der Waals surface area (Å²) in [7, 11) is 0. The zero-order valence-corrected chi connectivity index (χ0v) is 21.4. The second kappa shape index (κ2) is 10.5. The van der Waals surface area contributed by atoms with Crippen molar-refractivity contribution in [3.63, 3.8) is 0 Å². The van der Waals surface area contributed by atoms with Gasteiger partial charge in [0.05, 0.1) is 19.3 Å². The van der Waals surface area contributed by atoms with Gasteiger partial charge in [-0.1, -0.05) is 0 Å². The van der Waals surface area contributed by atoms with E-state index in [-0.39, 0.29) is 30.0 Å². The first-order valence-electron chi connectivity index (χ1n) is 12.9. The summed E-state index contributed by atoms with van der Waals surface area (Å²) in [6, 6.07) is 5.11. The van der Waals surface area contributed by atoms with Gasteiger partial charge in [0.25, 0.3) is 0 Å². The Hall–Kier alpha value is -2.69. The predicted octanol–water partition coefficient (Wildman–Crippen LogP) is 5.06. The first-order valence-corrected chi connectivity index (χ1v) is 12.9. The molecule has 3 heterocycles. The van der Waals surface area contributed by atoms with Crippen LogP contribution < -0.4 is 4.74 Å². The molecule has 0 saturated carbocycles. The molecule has 0 bridgehead atoms. The summed E-state index contributed by atoms with van der Waals surface area (Å²) in [5, 5.41) is 10.2. The Kier molecular flexibility index (Phi) is 7.41. The van der Waals surface area contributed by atoms with Crippen molar-refractivity contribution < 1.29 is 31.8 Å². The van der Waals surface area contributed by atoms with Gasteiger partial charge in [0.15, 0.2) is 0 Å². The number of alkyl halides is 2. The topological polar surface area (TPSA) is 51.7 Å². The minimum atomic E-state index is -2.02. The van der Waals surface area contributed by atoms with Gasteiger partial charge < -0.3 is 14.8 Å². The Morgan fingerprint density at radius 2 is 1.84 bits per heavy atom. The number of halogens is 5. The Labute approximate surface area is 218 Å². The summed E-state index contributed by atoms with van der Waals surface area (Å²) in [5.41, 5.74) is -0.491. The highest BCUT2D eigenvalue weighted by atomic mass is 19.2. The predicted molar refractivity (Wildman–Crippen MR) is 134 cm³/mol. The fourth-order valence-electron chi connectivity index (χ4n) is 5.66. The second-order valence-electron chi connectivity index (χ2n) is 10.7. The summed E-state index contributed by atoms with van der Waals surface area (Å²) in [5.74, 6) is -2.09. The number of hydrogen-bond donors (Lipinski definition) is 2. The Bertz CT molecular complexity index is 1280. The molecule has 5 rings (SSSR count). The molecule has 0 amide bonds. The quantitative estimate of drug-likeness (QED) is 0.375. The summed E-state index contributed by atoms with van der Waals surface area (Å²) in [4.78, 5) is 6.84. The minimum Gasteiger partial charge on any atom is -0.488 e. The maximum atomic E-state index is 15.7. The maximum Gasteiger partial charge on any atom is 0.143 e. The normalized spacial score (nSPS) is 22.3. The zero-order valence-electron chi connectivity index (χ0n) is 21.4. The lowest BCUT2D eigenvalue weighted by Crippen LogP contribution is -2.53. The number of likely N-dealkylation sites (tertiary alicyclic amines) is 1. The lowest BCUT2D eigenvalue weighted by molar-refractivity contribution is 0.0151. The smallest absolute Gasteiger partial charge is 0.143 e. The molecule has 3 atom stereocenters. The van der Waals surface area contributed by atoms with Crippen LogP contribution in [-0.4, -0.2) is 77.2 Å². The van der Waals surface area contributed by atoms with Gasteiger partial charge in [-0.2, -0.15) is 0 Å². The van der Waals surface area contributed by atoms with Crippen LogP contribution in [0.4, 0.5) is 22.0 Å². The molecule has 0 spiro atoms. The van der Waals surface area contributed by atoms with Crippen molar-refractivity contribution in [2.45, 2.75) is 50.5 Å². The molecule has 0 unspecified atom stereocenters. The number of ether oxygens (including phenoxy) is 1. The largest absolute Gasteiger partial charge is 0.488 e. The third kappa shape index (κ3) is 5.13. The molecule has 5 nitrogen and oxygen atoms in total. The van der Waals surface area contributed by atoms with Gasteiger partial charge in [-0.3, -0.25) is 14.2 Å². The molecule has 10 heteroatoms. The van der Waals surface area contributed by atoms with Crippen LogP contribution in [0.5, 0.6) is 5.75 Å². The van der Waals surface area contributed by atoms with Crippen molar-refractivity contribution in [2.75, 3.05) is 39.5 Å². The van der Waals surface area contributed by atoms with E-state index >= 15 is 13.2 Å². The van der Waals surface area contributed by atoms with Crippen LogP contribution in [0.25, 0.3) is 10.9 Å². The van der Waals surface area contributed by atoms with Crippen molar-refractivity contribution in [3.8, 4) is 5.75 Å². The van der Waals surface area contributed by atoms with E-state index in [0.29, 0.717) is 49.1 Å². The maximum absolute atomic E-state index is 15.7. The SMILES string of the molecule is C[C@@H]1Cc2c([nH]c3ccc(F)cc23)[C@@H](c2c(F)cc(OC3CN(CCCF)C3)cc2F)N1C[C@@](C)(F)CO. The van der Waals surface area contributed by atoms with Crippen molar-refractivity contribution in [1.82, 2.24) is 14.8 Å². The number of benzene rings is 2. The van der Waals surface area contributed by atoms with Gasteiger partial charge in [0, 0.05) is 66.5 Å². The van der Waals surface area contributed by atoms with Crippen LogP contribution in [0, 0.1) is 17.5 Å². The van der Waals surface area contributed by atoms with E-state index in [2.05, 4.69) is 4.98 Å². The third-order valence-electron chi connectivity index (χ3n) is 7.57. The standard InChI is InChI=1S/C28H32F5N3O2/c1-16-8-21-20-9-17(30)4-5-24(20)34-26(21)27(36(16)14-28(2,33)15-37)25-22(31)10-18(11-23(25)32)38-19-12-35(13-19)7-3-6-29/h4-5,9-11,16,19,27,34,37H,3,6-8,12-15H2,1-2H3/t16-,27-,28-/m1/s1. The number of aromatic amines is 1. The molecule has 38 heavy (non-hydrogen) atoms. The van der Waals surface area contributed by atoms with Crippen LogP contribution in [0.2, 0.25) is 0 Å². The Balaban J connectivity index is 1.52. The van der Waals surface area contributed by atoms with E-state index in [0.717, 1.165) is 17.7 Å². The Morgan fingerprint density at radius 3 is 2.50 bits per heavy atom. The first-order chi connectivity index (χ1) is 18.1. The average Bonchev–Trinajstić information content (AvgIpc) is 3.18. The van der Waals surface area contributed by atoms with E-state index in [1.54, 1.807) is 11.0 Å². The molecular formula is C28H32F5N3O2. The van der Waals surface area contributed by atoms with Gasteiger partial charge in [-0.25, -0.2) is 17.6 Å². The molecule has 2 N–H and O–H groups in total. The number of fused-ring (bicyclic) bond motifs is 3. The van der Waals surface area contributed by atoms with Crippen molar-refractivity contribution in [1.29, 1.82) is 0 Å². The number of nitrogens with one attached hydrogen (secondary N) is 1. The summed E-state index contributed by atoms with van der Waals surface area (Å²) >= 11 is 0. The van der Waals surface area contributed by atoms with E-state index in [1.165, 1.54) is 19.1 Å². The van der Waals surface area contributed by atoms with Gasteiger partial charge in [-0.05, 0) is 50.5 Å². The minimum absolute atomic E-state index is 0.0407. The molecule has 0 aliphatic carbocycles. The number of nitrogens with zero attached hydrogens (tertiary/aromatic N) is 2. The highest BCUT2D eigenvalue weighted by Crippen LogP contribution is 2.44. The Morgan fingerprint density at radius 1 is 1.13 bits per heavy atom. The summed E-state index contributed by atoms with van der Waals surface area (Å²) in [6.07, 6.45) is 0.580. The number of hydrogen-bond acceptors (Lipinski definition) is 4. The van der Waals surface area contributed by atoms with Crippen LogP contribution in [-0.2, 0) is 6.42 Å². The molecule has 1 saturated heterocycles. The summed E-state index contributed by atoms with van der Waals surface area (Å²) in [6.45, 7) is 3.33. The molecule has 0 radical (unpaired) electrons. The van der Waals surface area contributed by atoms with Crippen molar-refractivity contribution in [3.05, 3.63) is 64.6 Å². The third-order valence-corrected chi connectivity index (χ3v) is 7.57. The summed E-state index contributed by atoms with van der Waals surface area (Å²) < 4.78 is 78.8. The fourth-order valence-corrected chi connectivity index (χ4v) is 5.66. The number of aromatic nitrogens is 1. The molecule has 3 aromatic rings. The lowest BCUT2D eigenvalue weighted by atomic mass is 9.87. The zero-order chi connectivity index (χ0) is 27.2. The molecule has 2 aliphatic rings. The van der Waals surface area contributed by atoms with Crippen LogP contribution >= 0.6 is 0 Å². The van der Waals surface area contributed by atoms with Crippen molar-refractivity contribution >= 4 is 10.9 Å². The highest BCUT2D eigenvalue weighted by Gasteiger charge is 2.42. The number of aliphatic hydroxyl groups is 1. The van der Waals surface area contributed by atoms with Crippen molar-refractivity contribution in [2.24, 2.45) is 0 Å². The lowest BCUT2D eigenvalue weighted by Gasteiger charge is -2.43. The van der Waals surface area contributed by atoms with Crippen LogP contribution in [0.3, 0.4) is 0 Å². The van der Waals surface area contributed by atoms with E-state index in [1.807, 2.05) is 11.8 Å². The molecule has 2 aliphatic heterocycles.